The van der Waals surface area contributed by atoms with Crippen LogP contribution in [-0.2, 0) is 16.4 Å². The second-order valence-electron chi connectivity index (χ2n) is 5.01. The summed E-state index contributed by atoms with van der Waals surface area (Å²) in [6.07, 6.45) is 3.45. The number of thiophene rings is 1. The highest BCUT2D eigenvalue weighted by Crippen LogP contribution is 2.25. The lowest BCUT2D eigenvalue weighted by Gasteiger charge is -2.09. The van der Waals surface area contributed by atoms with Crippen molar-refractivity contribution < 1.29 is 12.8 Å². The number of aromatic nitrogens is 1. The minimum atomic E-state index is -3.95. The van der Waals surface area contributed by atoms with Crippen molar-refractivity contribution in [1.29, 1.82) is 5.26 Å². The fourth-order valence-electron chi connectivity index (χ4n) is 2.24. The number of H-pyrrole nitrogens is 1. The molecule has 2 N–H and O–H groups in total. The van der Waals surface area contributed by atoms with E-state index in [1.165, 1.54) is 29.7 Å². The second-order valence-corrected chi connectivity index (χ2v) is 7.70. The van der Waals surface area contributed by atoms with Crippen LogP contribution in [0.25, 0.3) is 0 Å². The van der Waals surface area contributed by atoms with Gasteiger partial charge in [-0.3, -0.25) is 4.72 Å². The number of sulfonamides is 1. The van der Waals surface area contributed by atoms with Gasteiger partial charge in [-0.15, -0.1) is 11.3 Å². The van der Waals surface area contributed by atoms with Crippen molar-refractivity contribution in [2.75, 3.05) is 4.72 Å². The van der Waals surface area contributed by atoms with Crippen molar-refractivity contribution in [1.82, 2.24) is 4.98 Å². The van der Waals surface area contributed by atoms with Gasteiger partial charge >= 0.3 is 0 Å². The first kappa shape index (κ1) is 16.2. The van der Waals surface area contributed by atoms with E-state index in [2.05, 4.69) is 9.71 Å². The molecular formula is C16H12FN3O2S2. The van der Waals surface area contributed by atoms with Crippen LogP contribution in [0.1, 0.15) is 16.0 Å². The van der Waals surface area contributed by atoms with Crippen LogP contribution in [0.5, 0.6) is 0 Å². The highest BCUT2D eigenvalue weighted by atomic mass is 32.2. The van der Waals surface area contributed by atoms with E-state index in [0.717, 1.165) is 10.9 Å². The molecule has 0 saturated carbocycles. The summed E-state index contributed by atoms with van der Waals surface area (Å²) in [5.41, 5.74) is 0.520. The Morgan fingerprint density at radius 3 is 2.79 bits per heavy atom. The number of nitrogens with zero attached hydrogens (tertiary/aromatic N) is 1. The van der Waals surface area contributed by atoms with E-state index >= 15 is 0 Å². The van der Waals surface area contributed by atoms with Gasteiger partial charge in [0.1, 0.15) is 10.7 Å². The van der Waals surface area contributed by atoms with E-state index in [9.17, 15) is 12.8 Å². The predicted molar refractivity (Wildman–Crippen MR) is 89.8 cm³/mol. The second kappa shape index (κ2) is 6.47. The zero-order valence-corrected chi connectivity index (χ0v) is 13.9. The first-order valence-corrected chi connectivity index (χ1v) is 9.26. The number of rotatable bonds is 5. The van der Waals surface area contributed by atoms with Crippen LogP contribution in [0.2, 0.25) is 0 Å². The van der Waals surface area contributed by atoms with Crippen LogP contribution in [0, 0.1) is 17.1 Å². The summed E-state index contributed by atoms with van der Waals surface area (Å²) in [6, 6.07) is 9.18. The lowest BCUT2D eigenvalue weighted by molar-refractivity contribution is 0.598. The van der Waals surface area contributed by atoms with Crippen LogP contribution >= 0.6 is 11.3 Å². The van der Waals surface area contributed by atoms with Gasteiger partial charge in [-0.05, 0) is 35.2 Å². The average molecular weight is 361 g/mol. The number of hydrogen-bond donors (Lipinski definition) is 2. The van der Waals surface area contributed by atoms with Gasteiger partial charge in [0.2, 0.25) is 0 Å². The fraction of sp³-hybridized carbons (Fsp3) is 0.0625. The zero-order chi connectivity index (χ0) is 17.2. The van der Waals surface area contributed by atoms with Crippen LogP contribution in [-0.4, -0.2) is 13.4 Å². The molecule has 2 heterocycles. The van der Waals surface area contributed by atoms with Gasteiger partial charge < -0.3 is 4.98 Å². The highest BCUT2D eigenvalue weighted by molar-refractivity contribution is 7.92. The van der Waals surface area contributed by atoms with Crippen LogP contribution in [0.15, 0.2) is 53.0 Å². The molecule has 0 aliphatic carbocycles. The van der Waals surface area contributed by atoms with E-state index in [1.54, 1.807) is 12.3 Å². The Morgan fingerprint density at radius 1 is 1.29 bits per heavy atom. The number of nitriles is 1. The third-order valence-electron chi connectivity index (χ3n) is 3.37. The van der Waals surface area contributed by atoms with E-state index in [1.807, 2.05) is 17.5 Å². The smallest absolute Gasteiger partial charge is 0.263 e. The number of nitrogens with one attached hydrogen (secondary N) is 2. The zero-order valence-electron chi connectivity index (χ0n) is 12.3. The Labute approximate surface area is 142 Å². The van der Waals surface area contributed by atoms with Crippen molar-refractivity contribution in [2.45, 2.75) is 11.3 Å². The molecule has 0 atom stereocenters. The molecule has 0 bridgehead atoms. The Balaban J connectivity index is 1.89. The Hall–Kier alpha value is -2.63. The molecule has 0 unspecified atom stereocenters. The standard InChI is InChI=1S/C16H12FN3O2S2/c17-14-6-11(8-18)3-4-15(14)20-24(21,22)16-10-19-9-12(16)7-13-2-1-5-23-13/h1-6,9-10,19-20H,7H2. The molecule has 3 rings (SSSR count). The van der Waals surface area contributed by atoms with E-state index in [0.29, 0.717) is 12.0 Å². The van der Waals surface area contributed by atoms with Crippen LogP contribution in [0.4, 0.5) is 10.1 Å². The maximum absolute atomic E-state index is 13.9. The van der Waals surface area contributed by atoms with Crippen molar-refractivity contribution in [2.24, 2.45) is 0 Å². The number of halogens is 1. The lowest BCUT2D eigenvalue weighted by atomic mass is 10.2. The molecule has 0 amide bonds. The highest BCUT2D eigenvalue weighted by Gasteiger charge is 2.21. The molecule has 1 aromatic carbocycles. The van der Waals surface area contributed by atoms with Gasteiger partial charge in [-0.2, -0.15) is 5.26 Å². The summed E-state index contributed by atoms with van der Waals surface area (Å²) in [5, 5.41) is 10.7. The van der Waals surface area contributed by atoms with Crippen molar-refractivity contribution in [3.63, 3.8) is 0 Å². The topological polar surface area (TPSA) is 85.8 Å². The summed E-state index contributed by atoms with van der Waals surface area (Å²) in [6.45, 7) is 0. The molecule has 0 fully saturated rings. The molecule has 8 heteroatoms. The normalized spacial score (nSPS) is 11.2. The molecule has 0 saturated heterocycles. The minimum absolute atomic E-state index is 0.0691. The predicted octanol–water partition coefficient (Wildman–Crippen LogP) is 3.48. The van der Waals surface area contributed by atoms with Gasteiger partial charge in [-0.1, -0.05) is 6.07 Å². The first-order chi connectivity index (χ1) is 11.5. The molecule has 5 nitrogen and oxygen atoms in total. The minimum Gasteiger partial charge on any atom is -0.366 e. The number of hydrogen-bond acceptors (Lipinski definition) is 4. The van der Waals surface area contributed by atoms with Gasteiger partial charge in [0.25, 0.3) is 10.0 Å². The van der Waals surface area contributed by atoms with Crippen LogP contribution in [0.3, 0.4) is 0 Å². The Kier molecular flexibility index (Phi) is 4.38. The lowest BCUT2D eigenvalue weighted by Crippen LogP contribution is -2.15. The maximum atomic E-state index is 13.9. The molecule has 122 valence electrons. The summed E-state index contributed by atoms with van der Waals surface area (Å²) < 4.78 is 41.3. The van der Waals surface area contributed by atoms with E-state index in [4.69, 9.17) is 5.26 Å². The molecule has 24 heavy (non-hydrogen) atoms. The van der Waals surface area contributed by atoms with E-state index in [-0.39, 0.29) is 16.1 Å². The SMILES string of the molecule is N#Cc1ccc(NS(=O)(=O)c2c[nH]cc2Cc2cccs2)c(F)c1. The molecule has 2 aromatic heterocycles. The average Bonchev–Trinajstić information content (AvgIpc) is 3.21. The van der Waals surface area contributed by atoms with Gasteiger partial charge in [0.05, 0.1) is 17.3 Å². The van der Waals surface area contributed by atoms with Crippen LogP contribution < -0.4 is 4.72 Å². The monoisotopic (exact) mass is 361 g/mol. The van der Waals surface area contributed by atoms with E-state index < -0.39 is 15.8 Å². The molecule has 3 aromatic rings. The first-order valence-electron chi connectivity index (χ1n) is 6.90. The Morgan fingerprint density at radius 2 is 2.12 bits per heavy atom. The third kappa shape index (κ3) is 3.32. The number of benzene rings is 1. The van der Waals surface area contributed by atoms with Gasteiger partial charge in [-0.25, -0.2) is 12.8 Å². The van der Waals surface area contributed by atoms with Gasteiger partial charge in [0.15, 0.2) is 0 Å². The van der Waals surface area contributed by atoms with Gasteiger partial charge in [0, 0.05) is 23.7 Å². The molecular weight excluding hydrogens is 349 g/mol. The number of aromatic amines is 1. The summed E-state index contributed by atoms with van der Waals surface area (Å²) >= 11 is 1.53. The molecule has 0 aliphatic rings. The van der Waals surface area contributed by atoms with Crippen molar-refractivity contribution >= 4 is 27.0 Å². The molecule has 0 radical (unpaired) electrons. The molecule has 0 spiro atoms. The third-order valence-corrected chi connectivity index (χ3v) is 5.69. The fourth-order valence-corrected chi connectivity index (χ4v) is 4.23. The summed E-state index contributed by atoms with van der Waals surface area (Å²) in [7, 11) is -3.95. The number of anilines is 1. The van der Waals surface area contributed by atoms with Crippen molar-refractivity contribution in [3.8, 4) is 6.07 Å². The quantitative estimate of drug-likeness (QED) is 0.729. The largest absolute Gasteiger partial charge is 0.366 e. The maximum Gasteiger partial charge on any atom is 0.263 e. The Bertz CT molecular complexity index is 1000. The molecule has 0 aliphatic heterocycles. The van der Waals surface area contributed by atoms with Crippen molar-refractivity contribution in [3.05, 3.63) is 69.9 Å². The summed E-state index contributed by atoms with van der Waals surface area (Å²) in [4.78, 5) is 3.88. The summed E-state index contributed by atoms with van der Waals surface area (Å²) in [5.74, 6) is -0.798.